The molecule has 0 radical (unpaired) electrons. The Morgan fingerprint density at radius 2 is 2.06 bits per heavy atom. The molecule has 3 rings (SSSR count). The van der Waals surface area contributed by atoms with E-state index in [4.69, 9.17) is 0 Å². The lowest BCUT2D eigenvalue weighted by Gasteiger charge is -2.30. The third-order valence-corrected chi connectivity index (χ3v) is 5.47. The minimum atomic E-state index is 0.221. The van der Waals surface area contributed by atoms with Crippen LogP contribution in [0.5, 0.6) is 0 Å². The Morgan fingerprint density at radius 1 is 1.22 bits per heavy atom. The van der Waals surface area contributed by atoms with Crippen molar-refractivity contribution in [2.75, 3.05) is 19.6 Å². The van der Waals surface area contributed by atoms with Crippen molar-refractivity contribution in [3.63, 3.8) is 0 Å². The van der Waals surface area contributed by atoms with Crippen molar-refractivity contribution in [2.24, 2.45) is 17.3 Å². The highest BCUT2D eigenvalue weighted by Gasteiger charge is 2.44. The third kappa shape index (κ3) is 2.07. The van der Waals surface area contributed by atoms with Crippen molar-refractivity contribution in [3.05, 3.63) is 0 Å². The predicted octanol–water partition coefficient (Wildman–Crippen LogP) is 2.02. The van der Waals surface area contributed by atoms with E-state index in [0.29, 0.717) is 17.9 Å². The van der Waals surface area contributed by atoms with Crippen LogP contribution in [0.4, 0.5) is 0 Å². The van der Waals surface area contributed by atoms with Crippen LogP contribution in [0.2, 0.25) is 0 Å². The molecular formula is C15H26N2O. The van der Waals surface area contributed by atoms with Crippen LogP contribution in [-0.4, -0.2) is 36.5 Å². The Balaban J connectivity index is 1.67. The predicted molar refractivity (Wildman–Crippen MR) is 72.2 cm³/mol. The van der Waals surface area contributed by atoms with Gasteiger partial charge in [0, 0.05) is 25.0 Å². The molecule has 1 aliphatic carbocycles. The van der Waals surface area contributed by atoms with E-state index in [9.17, 15) is 4.79 Å². The van der Waals surface area contributed by atoms with Gasteiger partial charge in [-0.1, -0.05) is 20.3 Å². The first-order chi connectivity index (χ1) is 8.58. The maximum atomic E-state index is 12.7. The van der Waals surface area contributed by atoms with Gasteiger partial charge < -0.3 is 10.2 Å². The fraction of sp³-hybridized carbons (Fsp3) is 0.933. The molecule has 3 heteroatoms. The van der Waals surface area contributed by atoms with Crippen molar-refractivity contribution >= 4 is 5.91 Å². The van der Waals surface area contributed by atoms with Crippen LogP contribution in [0.3, 0.4) is 0 Å². The SMILES string of the molecule is CC1(C)CCCC1C(=O)N1CC2CCCNC2C1. The summed E-state index contributed by atoms with van der Waals surface area (Å²) >= 11 is 0. The monoisotopic (exact) mass is 250 g/mol. The number of piperidine rings is 1. The number of hydrogen-bond donors (Lipinski definition) is 1. The molecule has 0 aromatic heterocycles. The highest BCUT2D eigenvalue weighted by Crippen LogP contribution is 2.44. The van der Waals surface area contributed by atoms with Crippen molar-refractivity contribution in [3.8, 4) is 0 Å². The standard InChI is InChI=1S/C15H26N2O/c1-15(2)7-3-6-12(15)14(18)17-9-11-5-4-8-16-13(11)10-17/h11-13,16H,3-10H2,1-2H3. The summed E-state index contributed by atoms with van der Waals surface area (Å²) in [6, 6.07) is 0.576. The number of nitrogens with one attached hydrogen (secondary N) is 1. The van der Waals surface area contributed by atoms with Gasteiger partial charge in [0.25, 0.3) is 0 Å². The molecule has 2 saturated heterocycles. The van der Waals surface area contributed by atoms with Crippen LogP contribution >= 0.6 is 0 Å². The molecule has 1 amide bonds. The number of fused-ring (bicyclic) bond motifs is 1. The summed E-state index contributed by atoms with van der Waals surface area (Å²) in [6.07, 6.45) is 6.11. The minimum absolute atomic E-state index is 0.221. The van der Waals surface area contributed by atoms with Crippen LogP contribution in [0, 0.1) is 17.3 Å². The molecule has 18 heavy (non-hydrogen) atoms. The molecule has 3 nitrogen and oxygen atoms in total. The summed E-state index contributed by atoms with van der Waals surface area (Å²) in [6.45, 7) is 7.63. The van der Waals surface area contributed by atoms with Gasteiger partial charge in [-0.15, -0.1) is 0 Å². The van der Waals surface area contributed by atoms with E-state index in [0.717, 1.165) is 26.1 Å². The lowest BCUT2D eigenvalue weighted by atomic mass is 9.81. The summed E-state index contributed by atoms with van der Waals surface area (Å²) < 4.78 is 0. The molecule has 2 heterocycles. The average molecular weight is 250 g/mol. The van der Waals surface area contributed by atoms with E-state index in [1.54, 1.807) is 0 Å². The smallest absolute Gasteiger partial charge is 0.226 e. The van der Waals surface area contributed by atoms with E-state index in [2.05, 4.69) is 24.1 Å². The number of carbonyl (C=O) groups excluding carboxylic acids is 1. The molecule has 0 aromatic carbocycles. The summed E-state index contributed by atoms with van der Waals surface area (Å²) in [5, 5.41) is 3.58. The number of rotatable bonds is 1. The van der Waals surface area contributed by atoms with Gasteiger partial charge >= 0.3 is 0 Å². The average Bonchev–Trinajstić information content (AvgIpc) is 2.90. The maximum absolute atomic E-state index is 12.7. The zero-order valence-electron chi connectivity index (χ0n) is 11.7. The Kier molecular flexibility index (Phi) is 3.13. The van der Waals surface area contributed by atoms with Crippen molar-refractivity contribution in [1.29, 1.82) is 0 Å². The second-order valence-corrected chi connectivity index (χ2v) is 7.14. The number of nitrogens with zero attached hydrogens (tertiary/aromatic N) is 1. The quantitative estimate of drug-likeness (QED) is 0.772. The van der Waals surface area contributed by atoms with E-state index >= 15 is 0 Å². The van der Waals surface area contributed by atoms with Crippen LogP contribution in [0.1, 0.15) is 46.0 Å². The molecule has 1 N–H and O–H groups in total. The first kappa shape index (κ1) is 12.5. The topological polar surface area (TPSA) is 32.3 Å². The van der Waals surface area contributed by atoms with Gasteiger partial charge in [-0.2, -0.15) is 0 Å². The fourth-order valence-electron chi connectivity index (χ4n) is 4.23. The van der Waals surface area contributed by atoms with Gasteiger partial charge in [0.1, 0.15) is 0 Å². The fourth-order valence-corrected chi connectivity index (χ4v) is 4.23. The van der Waals surface area contributed by atoms with Crippen molar-refractivity contribution in [2.45, 2.75) is 52.0 Å². The first-order valence-corrected chi connectivity index (χ1v) is 7.60. The molecule has 3 aliphatic rings. The lowest BCUT2D eigenvalue weighted by Crippen LogP contribution is -2.42. The second-order valence-electron chi connectivity index (χ2n) is 7.14. The Labute approximate surface area is 110 Å². The molecule has 3 unspecified atom stereocenters. The van der Waals surface area contributed by atoms with Gasteiger partial charge in [-0.3, -0.25) is 4.79 Å². The van der Waals surface area contributed by atoms with Gasteiger partial charge in [0.2, 0.25) is 5.91 Å². The highest BCUT2D eigenvalue weighted by atomic mass is 16.2. The van der Waals surface area contributed by atoms with Gasteiger partial charge in [-0.25, -0.2) is 0 Å². The summed E-state index contributed by atoms with van der Waals surface area (Å²) in [5.74, 6) is 1.43. The zero-order valence-corrected chi connectivity index (χ0v) is 11.7. The number of likely N-dealkylation sites (tertiary alicyclic amines) is 1. The normalized spacial score (nSPS) is 38.8. The maximum Gasteiger partial charge on any atom is 0.226 e. The molecule has 1 saturated carbocycles. The van der Waals surface area contributed by atoms with Gasteiger partial charge in [-0.05, 0) is 43.6 Å². The number of carbonyl (C=O) groups is 1. The van der Waals surface area contributed by atoms with Crippen LogP contribution in [0.15, 0.2) is 0 Å². The summed E-state index contributed by atoms with van der Waals surface area (Å²) in [7, 11) is 0. The van der Waals surface area contributed by atoms with E-state index in [1.807, 2.05) is 0 Å². The molecule has 0 spiro atoms. The van der Waals surface area contributed by atoms with E-state index in [-0.39, 0.29) is 11.3 Å². The first-order valence-electron chi connectivity index (χ1n) is 7.60. The van der Waals surface area contributed by atoms with Crippen molar-refractivity contribution < 1.29 is 4.79 Å². The summed E-state index contributed by atoms with van der Waals surface area (Å²) in [5.41, 5.74) is 0.221. The van der Waals surface area contributed by atoms with Gasteiger partial charge in [0.05, 0.1) is 0 Å². The molecule has 2 aliphatic heterocycles. The largest absolute Gasteiger partial charge is 0.341 e. The second kappa shape index (κ2) is 4.52. The van der Waals surface area contributed by atoms with Gasteiger partial charge in [0.15, 0.2) is 0 Å². The van der Waals surface area contributed by atoms with E-state index in [1.165, 1.54) is 25.7 Å². The number of amides is 1. The highest BCUT2D eigenvalue weighted by molar-refractivity contribution is 5.80. The van der Waals surface area contributed by atoms with Crippen molar-refractivity contribution in [1.82, 2.24) is 10.2 Å². The van der Waals surface area contributed by atoms with Crippen LogP contribution < -0.4 is 5.32 Å². The summed E-state index contributed by atoms with van der Waals surface area (Å²) in [4.78, 5) is 14.9. The Hall–Kier alpha value is -0.570. The lowest BCUT2D eigenvalue weighted by molar-refractivity contribution is -0.137. The molecule has 3 atom stereocenters. The Morgan fingerprint density at radius 3 is 2.72 bits per heavy atom. The minimum Gasteiger partial charge on any atom is -0.341 e. The third-order valence-electron chi connectivity index (χ3n) is 5.47. The zero-order chi connectivity index (χ0) is 12.8. The Bertz CT molecular complexity index is 325. The molecule has 3 fully saturated rings. The van der Waals surface area contributed by atoms with Crippen LogP contribution in [-0.2, 0) is 4.79 Å². The van der Waals surface area contributed by atoms with E-state index < -0.39 is 0 Å². The van der Waals surface area contributed by atoms with Crippen LogP contribution in [0.25, 0.3) is 0 Å². The molecule has 0 bridgehead atoms. The molecule has 0 aromatic rings. The molecular weight excluding hydrogens is 224 g/mol. The molecule has 102 valence electrons. The number of hydrogen-bond acceptors (Lipinski definition) is 2.